The molecule has 15 nitrogen and oxygen atoms in total. The Labute approximate surface area is 222 Å². The number of carbonyl (C=O) groups is 2. The van der Waals surface area contributed by atoms with Crippen LogP contribution in [0.15, 0.2) is 12.7 Å². The maximum absolute atomic E-state index is 12.4. The van der Waals surface area contributed by atoms with Crippen molar-refractivity contribution in [2.24, 2.45) is 5.92 Å². The molecule has 5 rings (SSSR count). The summed E-state index contributed by atoms with van der Waals surface area (Å²) < 4.78 is 30.8. The van der Waals surface area contributed by atoms with Gasteiger partial charge in [-0.25, -0.2) is 24.5 Å². The lowest BCUT2D eigenvalue weighted by Gasteiger charge is -2.18. The molecule has 4 heterocycles. The van der Waals surface area contributed by atoms with E-state index in [4.69, 9.17) is 5.73 Å². The Morgan fingerprint density at radius 2 is 2.03 bits per heavy atom. The lowest BCUT2D eigenvalue weighted by atomic mass is 10.0. The van der Waals surface area contributed by atoms with Crippen molar-refractivity contribution in [1.82, 2.24) is 39.6 Å². The molecule has 2 saturated heterocycles. The van der Waals surface area contributed by atoms with Crippen LogP contribution in [0.2, 0.25) is 0 Å². The number of aliphatic hydroxyl groups excluding tert-OH is 2. The van der Waals surface area contributed by atoms with Crippen LogP contribution in [0.1, 0.15) is 38.1 Å². The maximum Gasteiger partial charge on any atom is 0.315 e. The van der Waals surface area contributed by atoms with Gasteiger partial charge in [0.2, 0.25) is 5.91 Å². The van der Waals surface area contributed by atoms with Gasteiger partial charge < -0.3 is 31.1 Å². The molecule has 208 valence electrons. The van der Waals surface area contributed by atoms with Gasteiger partial charge >= 0.3 is 16.2 Å². The van der Waals surface area contributed by atoms with Crippen molar-refractivity contribution in [2.75, 3.05) is 18.0 Å². The van der Waals surface area contributed by atoms with E-state index in [2.05, 4.69) is 30.3 Å². The topological polar surface area (TPSA) is 226 Å². The third-order valence-electron chi connectivity index (χ3n) is 7.38. The Kier molecular flexibility index (Phi) is 7.63. The number of nitrogens with zero attached hydrogens (tertiary/aromatic N) is 4. The molecule has 1 saturated carbocycles. The van der Waals surface area contributed by atoms with Crippen LogP contribution in [0.4, 0.5) is 10.6 Å². The average molecular weight is 570 g/mol. The first kappa shape index (κ1) is 26.9. The molecule has 0 spiro atoms. The number of urea groups is 1. The van der Waals surface area contributed by atoms with Crippen molar-refractivity contribution < 1.29 is 28.2 Å². The summed E-state index contributed by atoms with van der Waals surface area (Å²) in [4.78, 5) is 35.9. The van der Waals surface area contributed by atoms with Gasteiger partial charge in [-0.1, -0.05) is 6.42 Å². The zero-order valence-corrected chi connectivity index (χ0v) is 22.0. The van der Waals surface area contributed by atoms with Crippen molar-refractivity contribution in [1.29, 1.82) is 0 Å². The number of nitrogens with two attached hydrogens (primary N) is 1. The molecule has 17 heteroatoms. The molecular weight excluding hydrogens is 538 g/mol. The van der Waals surface area contributed by atoms with Crippen LogP contribution in [0.25, 0.3) is 11.2 Å². The van der Waals surface area contributed by atoms with Gasteiger partial charge in [0.25, 0.3) is 0 Å². The number of hydrogen-bond donors (Lipinski definition) is 7. The predicted octanol–water partition coefficient (Wildman–Crippen LogP) is -1.63. The number of fused-ring (bicyclic) bond motifs is 2. The number of carbonyl (C=O) groups excluding carboxylic acids is 2. The summed E-state index contributed by atoms with van der Waals surface area (Å²) in [6.07, 6.45) is 2.68. The summed E-state index contributed by atoms with van der Waals surface area (Å²) in [5, 5.41) is 27.2. The van der Waals surface area contributed by atoms with Gasteiger partial charge in [-0.05, 0) is 19.3 Å². The number of rotatable bonds is 10. The highest BCUT2D eigenvalue weighted by Crippen LogP contribution is 2.37. The molecule has 8 N–H and O–H groups in total. The van der Waals surface area contributed by atoms with Crippen LogP contribution in [0.5, 0.6) is 0 Å². The van der Waals surface area contributed by atoms with Gasteiger partial charge in [-0.3, -0.25) is 4.79 Å². The Bertz CT molecular complexity index is 1310. The van der Waals surface area contributed by atoms with E-state index in [-0.39, 0.29) is 48.6 Å². The van der Waals surface area contributed by atoms with Crippen LogP contribution in [0.3, 0.4) is 0 Å². The maximum atomic E-state index is 12.4. The van der Waals surface area contributed by atoms with Gasteiger partial charge in [0.05, 0.1) is 30.6 Å². The molecule has 0 bridgehead atoms. The van der Waals surface area contributed by atoms with Crippen molar-refractivity contribution in [3.05, 3.63) is 12.7 Å². The van der Waals surface area contributed by atoms with Crippen LogP contribution >= 0.6 is 11.8 Å². The highest BCUT2D eigenvalue weighted by molar-refractivity contribution is 8.00. The number of unbranched alkanes of at least 4 members (excludes halogenated alkanes) is 1. The summed E-state index contributed by atoms with van der Waals surface area (Å²) in [5.74, 6) is -0.199. The highest BCUT2D eigenvalue weighted by Gasteiger charge is 2.44. The van der Waals surface area contributed by atoms with Gasteiger partial charge in [0.15, 0.2) is 11.5 Å². The molecule has 2 aromatic rings. The van der Waals surface area contributed by atoms with E-state index in [9.17, 15) is 28.2 Å². The molecular formula is C21H31N9O6S2. The number of aliphatic hydroxyl groups is 2. The molecule has 3 amide bonds. The average Bonchev–Trinajstić information content (AvgIpc) is 3.61. The van der Waals surface area contributed by atoms with Crippen molar-refractivity contribution in [2.45, 2.75) is 67.7 Å². The molecule has 0 aromatic carbocycles. The van der Waals surface area contributed by atoms with E-state index in [1.807, 2.05) is 4.72 Å². The van der Waals surface area contributed by atoms with Gasteiger partial charge in [0.1, 0.15) is 17.9 Å². The van der Waals surface area contributed by atoms with Crippen molar-refractivity contribution in [3.63, 3.8) is 0 Å². The van der Waals surface area contributed by atoms with Crippen molar-refractivity contribution in [3.8, 4) is 0 Å². The third-order valence-corrected chi connectivity index (χ3v) is 9.93. The summed E-state index contributed by atoms with van der Waals surface area (Å²) >= 11 is 1.79. The van der Waals surface area contributed by atoms with E-state index < -0.39 is 40.3 Å². The number of hydrogen-bond acceptors (Lipinski definition) is 11. The second kappa shape index (κ2) is 10.8. The molecule has 2 aromatic heterocycles. The number of nitrogen functional groups attached to an aromatic ring is 1. The monoisotopic (exact) mass is 569 g/mol. The van der Waals surface area contributed by atoms with Crippen LogP contribution in [0, 0.1) is 5.92 Å². The van der Waals surface area contributed by atoms with E-state index in [0.717, 1.165) is 18.6 Å². The fourth-order valence-electron chi connectivity index (χ4n) is 5.42. The minimum Gasteiger partial charge on any atom is -0.390 e. The fourth-order valence-corrected chi connectivity index (χ4v) is 7.87. The molecule has 2 aliphatic heterocycles. The predicted molar refractivity (Wildman–Crippen MR) is 138 cm³/mol. The summed E-state index contributed by atoms with van der Waals surface area (Å²) in [6.45, 7) is -0.178. The van der Waals surface area contributed by atoms with Crippen molar-refractivity contribution >= 4 is 50.9 Å². The van der Waals surface area contributed by atoms with E-state index >= 15 is 0 Å². The largest absolute Gasteiger partial charge is 0.390 e. The minimum absolute atomic E-state index is 0.0442. The molecule has 1 aliphatic carbocycles. The Balaban J connectivity index is 1.07. The number of nitrogens with one attached hydrogen (secondary N) is 4. The molecule has 3 aliphatic rings. The van der Waals surface area contributed by atoms with E-state index in [1.54, 1.807) is 16.3 Å². The first-order valence-corrected chi connectivity index (χ1v) is 14.9. The van der Waals surface area contributed by atoms with Gasteiger partial charge in [-0.15, -0.1) is 0 Å². The Morgan fingerprint density at radius 1 is 1.21 bits per heavy atom. The number of aromatic nitrogens is 4. The second-order valence-electron chi connectivity index (χ2n) is 9.87. The number of amides is 3. The van der Waals surface area contributed by atoms with Crippen LogP contribution in [-0.4, -0.2) is 91.9 Å². The molecule has 0 radical (unpaired) electrons. The first-order chi connectivity index (χ1) is 18.1. The fraction of sp³-hybridized carbons (Fsp3) is 0.667. The quantitative estimate of drug-likeness (QED) is 0.127. The Morgan fingerprint density at radius 3 is 2.84 bits per heavy atom. The SMILES string of the molecule is Nc1ncnc2c1ncn2[C@@H]1C[C@H](CNS(=O)(=O)NC(=O)CCCC[C@@H]2SC[C@@H]3NC(=O)N[C@@H]32)[C@H](O)[C@@H]1O. The zero-order valence-electron chi connectivity index (χ0n) is 20.4. The second-order valence-corrected chi connectivity index (χ2v) is 12.6. The molecule has 3 fully saturated rings. The highest BCUT2D eigenvalue weighted by atomic mass is 32.2. The van der Waals surface area contributed by atoms with Gasteiger partial charge in [-0.2, -0.15) is 24.9 Å². The number of anilines is 1. The Hall–Kier alpha value is -2.73. The normalized spacial score (nSPS) is 30.8. The minimum atomic E-state index is -4.15. The first-order valence-electron chi connectivity index (χ1n) is 12.4. The van der Waals surface area contributed by atoms with Crippen LogP contribution < -0.4 is 25.8 Å². The number of imidazole rings is 1. The van der Waals surface area contributed by atoms with E-state index in [1.165, 1.54) is 12.7 Å². The lowest BCUT2D eigenvalue weighted by molar-refractivity contribution is -0.119. The third kappa shape index (κ3) is 5.51. The number of thioether (sulfide) groups is 1. The smallest absolute Gasteiger partial charge is 0.315 e. The molecule has 7 atom stereocenters. The standard InChI is InChI=1S/C21H31N9O6S2/c22-19-16-20(24-8-23-19)30(9-25-16)12-5-10(17(32)18(12)33)6-26-38(35,36)29-14(31)4-2-1-3-13-15-11(7-37-13)27-21(34)28-15/h8-13,15,17-18,26,32-33H,1-7H2,(H,29,31)(H2,22,23,24)(H2,27,28,34)/t10-,11+,12-,13+,15+,17+,18-/m1/s1. The van der Waals surface area contributed by atoms with Gasteiger partial charge in [0, 0.05) is 29.9 Å². The lowest BCUT2D eigenvalue weighted by Crippen LogP contribution is -2.43. The summed E-state index contributed by atoms with van der Waals surface area (Å²) in [6, 6.07) is -0.518. The zero-order chi connectivity index (χ0) is 27.0. The summed E-state index contributed by atoms with van der Waals surface area (Å²) in [5.41, 5.74) is 6.59. The van der Waals surface area contributed by atoms with E-state index in [0.29, 0.717) is 17.6 Å². The molecule has 38 heavy (non-hydrogen) atoms. The van der Waals surface area contributed by atoms with Crippen LogP contribution in [-0.2, 0) is 15.0 Å². The summed E-state index contributed by atoms with van der Waals surface area (Å²) in [7, 11) is -4.15. The molecule has 0 unspecified atom stereocenters.